The van der Waals surface area contributed by atoms with Crippen LogP contribution in [0.2, 0.25) is 0 Å². The third kappa shape index (κ3) is 4.42. The summed E-state index contributed by atoms with van der Waals surface area (Å²) in [5.74, 6) is 1.71. The third-order valence-electron chi connectivity index (χ3n) is 5.89. The Kier molecular flexibility index (Phi) is 5.96. The number of anilines is 2. The number of fused-ring (bicyclic) bond motifs is 1. The molecule has 1 aromatic carbocycles. The van der Waals surface area contributed by atoms with Crippen LogP contribution in [0.5, 0.6) is 0 Å². The molecule has 0 amide bonds. The van der Waals surface area contributed by atoms with Gasteiger partial charge >= 0.3 is 0 Å². The summed E-state index contributed by atoms with van der Waals surface area (Å²) in [4.78, 5) is 18.8. The molecule has 2 atom stereocenters. The van der Waals surface area contributed by atoms with Crippen molar-refractivity contribution in [3.63, 3.8) is 0 Å². The lowest BCUT2D eigenvalue weighted by atomic mass is 10.1. The number of aliphatic hydroxyl groups excluding tert-OH is 1. The van der Waals surface area contributed by atoms with Gasteiger partial charge in [-0.05, 0) is 56.4 Å². The predicted octanol–water partition coefficient (Wildman–Crippen LogP) is 4.64. The van der Waals surface area contributed by atoms with E-state index in [1.54, 1.807) is 17.5 Å². The van der Waals surface area contributed by atoms with Gasteiger partial charge in [-0.2, -0.15) is 4.98 Å². The summed E-state index contributed by atoms with van der Waals surface area (Å²) in [6, 6.07) is 14.3. The van der Waals surface area contributed by atoms with Crippen molar-refractivity contribution in [2.24, 2.45) is 5.92 Å². The third-order valence-corrected chi connectivity index (χ3v) is 6.95. The molecule has 0 unspecified atom stereocenters. The van der Waals surface area contributed by atoms with Crippen molar-refractivity contribution in [2.45, 2.75) is 38.8 Å². The van der Waals surface area contributed by atoms with Crippen LogP contribution in [0.15, 0.2) is 48.7 Å². The van der Waals surface area contributed by atoms with Crippen LogP contribution >= 0.6 is 11.3 Å². The van der Waals surface area contributed by atoms with Crippen LogP contribution in [0.3, 0.4) is 0 Å². The van der Waals surface area contributed by atoms with Gasteiger partial charge < -0.3 is 15.7 Å². The van der Waals surface area contributed by atoms with Gasteiger partial charge in [-0.25, -0.2) is 9.97 Å². The quantitative estimate of drug-likeness (QED) is 0.380. The SMILES string of the molecule is Cc1nc(NCc2ccccn2)nc(N[C@H]2CC[C@@H](CO)C2)c1-c1nc2ccccc2s1. The van der Waals surface area contributed by atoms with E-state index in [4.69, 9.17) is 15.0 Å². The molecule has 1 aliphatic rings. The standard InChI is InChI=1S/C24H26N6OS/c1-15-21(23-29-19-7-2-3-8-20(19)32-23)22(28-17-10-9-16(12-17)14-31)30-24(27-15)26-13-18-6-4-5-11-25-18/h2-8,11,16-17,31H,9-10,12-14H2,1H3,(H2,26,27,28,30)/t16-,17+/m1/s1. The summed E-state index contributed by atoms with van der Waals surface area (Å²) in [6.07, 6.45) is 4.77. The molecule has 32 heavy (non-hydrogen) atoms. The highest BCUT2D eigenvalue weighted by atomic mass is 32.1. The average Bonchev–Trinajstić information content (AvgIpc) is 3.44. The van der Waals surface area contributed by atoms with Crippen LogP contribution in [-0.4, -0.2) is 37.7 Å². The first-order chi connectivity index (χ1) is 15.7. The first kappa shape index (κ1) is 20.8. The normalized spacial score (nSPS) is 18.2. The zero-order valence-electron chi connectivity index (χ0n) is 18.0. The Bertz CT molecular complexity index is 1180. The number of aromatic nitrogens is 4. The molecule has 3 heterocycles. The average molecular weight is 447 g/mol. The van der Waals surface area contributed by atoms with E-state index in [0.29, 0.717) is 18.4 Å². The van der Waals surface area contributed by atoms with Gasteiger partial charge in [-0.3, -0.25) is 4.98 Å². The first-order valence-corrected chi connectivity index (χ1v) is 11.8. The molecule has 0 bridgehead atoms. The molecule has 4 aromatic rings. The van der Waals surface area contributed by atoms with Crippen molar-refractivity contribution in [3.05, 3.63) is 60.0 Å². The molecule has 1 aliphatic carbocycles. The highest BCUT2D eigenvalue weighted by Gasteiger charge is 2.26. The van der Waals surface area contributed by atoms with E-state index < -0.39 is 0 Å². The number of hydrogen-bond acceptors (Lipinski definition) is 8. The molecule has 1 saturated carbocycles. The Labute approximate surface area is 191 Å². The largest absolute Gasteiger partial charge is 0.396 e. The lowest BCUT2D eigenvalue weighted by Gasteiger charge is -2.18. The Balaban J connectivity index is 1.49. The van der Waals surface area contributed by atoms with Crippen molar-refractivity contribution in [2.75, 3.05) is 17.2 Å². The summed E-state index contributed by atoms with van der Waals surface area (Å²) in [6.45, 7) is 2.80. The summed E-state index contributed by atoms with van der Waals surface area (Å²) in [7, 11) is 0. The second-order valence-corrected chi connectivity index (χ2v) is 9.25. The monoisotopic (exact) mass is 446 g/mol. The maximum atomic E-state index is 9.55. The summed E-state index contributed by atoms with van der Waals surface area (Å²) in [5.41, 5.74) is 3.74. The molecular weight excluding hydrogens is 420 g/mol. The van der Waals surface area contributed by atoms with E-state index in [9.17, 15) is 5.11 Å². The van der Waals surface area contributed by atoms with Crippen LogP contribution in [-0.2, 0) is 6.54 Å². The number of thiazole rings is 1. The molecule has 7 nitrogen and oxygen atoms in total. The van der Waals surface area contributed by atoms with Crippen LogP contribution < -0.4 is 10.6 Å². The number of benzene rings is 1. The van der Waals surface area contributed by atoms with E-state index in [0.717, 1.165) is 57.3 Å². The summed E-state index contributed by atoms with van der Waals surface area (Å²) in [5, 5.41) is 17.4. The highest BCUT2D eigenvalue weighted by Crippen LogP contribution is 2.37. The number of pyridine rings is 1. The predicted molar refractivity (Wildman–Crippen MR) is 129 cm³/mol. The van der Waals surface area contributed by atoms with Gasteiger partial charge in [0.2, 0.25) is 5.95 Å². The van der Waals surface area contributed by atoms with Gasteiger partial charge in [0.1, 0.15) is 10.8 Å². The molecule has 164 valence electrons. The Hall–Kier alpha value is -3.10. The lowest BCUT2D eigenvalue weighted by Crippen LogP contribution is -2.19. The fraction of sp³-hybridized carbons (Fsp3) is 0.333. The first-order valence-electron chi connectivity index (χ1n) is 11.0. The molecule has 0 aliphatic heterocycles. The lowest BCUT2D eigenvalue weighted by molar-refractivity contribution is 0.229. The van der Waals surface area contributed by atoms with Crippen molar-refractivity contribution in [3.8, 4) is 10.6 Å². The fourth-order valence-corrected chi connectivity index (χ4v) is 5.29. The summed E-state index contributed by atoms with van der Waals surface area (Å²) >= 11 is 1.66. The molecule has 1 fully saturated rings. The molecule has 8 heteroatoms. The zero-order valence-corrected chi connectivity index (χ0v) is 18.8. The number of rotatable bonds is 7. The van der Waals surface area contributed by atoms with Crippen LogP contribution in [0.4, 0.5) is 11.8 Å². The van der Waals surface area contributed by atoms with E-state index in [-0.39, 0.29) is 12.6 Å². The minimum Gasteiger partial charge on any atom is -0.396 e. The summed E-state index contributed by atoms with van der Waals surface area (Å²) < 4.78 is 1.14. The Morgan fingerprint density at radius 2 is 1.94 bits per heavy atom. The highest BCUT2D eigenvalue weighted by molar-refractivity contribution is 7.21. The Morgan fingerprint density at radius 1 is 1.06 bits per heavy atom. The number of hydrogen-bond donors (Lipinski definition) is 3. The van der Waals surface area contributed by atoms with E-state index in [1.165, 1.54) is 0 Å². The van der Waals surface area contributed by atoms with Crippen LogP contribution in [0.1, 0.15) is 30.7 Å². The molecule has 0 radical (unpaired) electrons. The Morgan fingerprint density at radius 3 is 2.72 bits per heavy atom. The molecule has 0 spiro atoms. The van der Waals surface area contributed by atoms with E-state index in [1.807, 2.05) is 43.3 Å². The van der Waals surface area contributed by atoms with E-state index in [2.05, 4.69) is 21.7 Å². The van der Waals surface area contributed by atoms with Crippen molar-refractivity contribution in [1.29, 1.82) is 0 Å². The van der Waals surface area contributed by atoms with Gasteiger partial charge in [-0.1, -0.05) is 18.2 Å². The van der Waals surface area contributed by atoms with Crippen LogP contribution in [0, 0.1) is 12.8 Å². The van der Waals surface area contributed by atoms with Crippen molar-refractivity contribution in [1.82, 2.24) is 19.9 Å². The second-order valence-electron chi connectivity index (χ2n) is 8.22. The molecule has 0 saturated heterocycles. The zero-order chi connectivity index (χ0) is 21.9. The maximum Gasteiger partial charge on any atom is 0.225 e. The minimum absolute atomic E-state index is 0.239. The van der Waals surface area contributed by atoms with Gasteiger partial charge in [0.15, 0.2) is 0 Å². The number of nitrogens with zero attached hydrogens (tertiary/aromatic N) is 4. The minimum atomic E-state index is 0.239. The molecular formula is C24H26N6OS. The molecule has 5 rings (SSSR count). The van der Waals surface area contributed by atoms with Gasteiger partial charge in [-0.15, -0.1) is 11.3 Å². The molecule has 3 aromatic heterocycles. The number of para-hydroxylation sites is 1. The number of aliphatic hydroxyl groups is 1. The fourth-order valence-electron chi connectivity index (χ4n) is 4.23. The van der Waals surface area contributed by atoms with Crippen molar-refractivity contribution >= 4 is 33.3 Å². The molecule has 3 N–H and O–H groups in total. The number of aryl methyl sites for hydroxylation is 1. The van der Waals surface area contributed by atoms with Gasteiger partial charge in [0, 0.05) is 18.8 Å². The van der Waals surface area contributed by atoms with Crippen LogP contribution in [0.25, 0.3) is 20.8 Å². The van der Waals surface area contributed by atoms with E-state index >= 15 is 0 Å². The number of nitrogens with one attached hydrogen (secondary N) is 2. The second kappa shape index (κ2) is 9.18. The van der Waals surface area contributed by atoms with Crippen molar-refractivity contribution < 1.29 is 5.11 Å². The maximum absolute atomic E-state index is 9.55. The van der Waals surface area contributed by atoms with Gasteiger partial charge in [0.05, 0.1) is 33.7 Å². The topological polar surface area (TPSA) is 95.9 Å². The van der Waals surface area contributed by atoms with Gasteiger partial charge in [0.25, 0.3) is 0 Å². The smallest absolute Gasteiger partial charge is 0.225 e.